The van der Waals surface area contributed by atoms with Gasteiger partial charge in [0.1, 0.15) is 17.6 Å². The fourth-order valence-electron chi connectivity index (χ4n) is 1.06. The van der Waals surface area contributed by atoms with E-state index in [1.807, 2.05) is 0 Å². The lowest BCUT2D eigenvalue weighted by molar-refractivity contribution is -0.149. The SMILES string of the molecule is Cl.Nc1cc(F)cc([C@H](N)C(F)(F)F)c1O. The first kappa shape index (κ1) is 14.8. The molecule has 5 N–H and O–H groups in total. The van der Waals surface area contributed by atoms with Crippen molar-refractivity contribution in [1.29, 1.82) is 0 Å². The Hall–Kier alpha value is -1.21. The van der Waals surface area contributed by atoms with Crippen LogP contribution in [-0.2, 0) is 0 Å². The van der Waals surface area contributed by atoms with Crippen LogP contribution in [0.5, 0.6) is 5.75 Å². The van der Waals surface area contributed by atoms with E-state index in [0.29, 0.717) is 12.1 Å². The van der Waals surface area contributed by atoms with Gasteiger partial charge < -0.3 is 16.6 Å². The Labute approximate surface area is 94.5 Å². The Morgan fingerprint density at radius 3 is 2.19 bits per heavy atom. The maximum absolute atomic E-state index is 12.7. The molecular weight excluding hydrogens is 252 g/mol. The van der Waals surface area contributed by atoms with Crippen molar-refractivity contribution in [2.75, 3.05) is 5.73 Å². The van der Waals surface area contributed by atoms with E-state index in [9.17, 15) is 22.7 Å². The second kappa shape index (κ2) is 4.75. The van der Waals surface area contributed by atoms with Crippen LogP contribution in [-0.4, -0.2) is 11.3 Å². The number of hydrogen-bond acceptors (Lipinski definition) is 3. The zero-order valence-corrected chi connectivity index (χ0v) is 8.57. The molecule has 0 saturated carbocycles. The summed E-state index contributed by atoms with van der Waals surface area (Å²) >= 11 is 0. The summed E-state index contributed by atoms with van der Waals surface area (Å²) in [5.41, 5.74) is 8.63. The minimum Gasteiger partial charge on any atom is -0.505 e. The highest BCUT2D eigenvalue weighted by Gasteiger charge is 2.39. The third-order valence-electron chi connectivity index (χ3n) is 1.82. The Morgan fingerprint density at radius 2 is 1.75 bits per heavy atom. The molecule has 92 valence electrons. The standard InChI is InChI=1S/C8H8F4N2O.ClH/c9-3-1-4(6(15)5(13)2-3)7(14)8(10,11)12;/h1-2,7,15H,13-14H2;1H/t7-;/m0./s1. The first-order valence-corrected chi connectivity index (χ1v) is 3.83. The van der Waals surface area contributed by atoms with Crippen molar-refractivity contribution < 1.29 is 22.7 Å². The quantitative estimate of drug-likeness (QED) is 0.411. The Kier molecular flexibility index (Phi) is 4.39. The average molecular weight is 261 g/mol. The highest BCUT2D eigenvalue weighted by molar-refractivity contribution is 5.85. The van der Waals surface area contributed by atoms with Crippen molar-refractivity contribution >= 4 is 18.1 Å². The van der Waals surface area contributed by atoms with Gasteiger partial charge in [-0.2, -0.15) is 13.2 Å². The molecule has 3 nitrogen and oxygen atoms in total. The van der Waals surface area contributed by atoms with Gasteiger partial charge in [0.15, 0.2) is 0 Å². The van der Waals surface area contributed by atoms with E-state index in [1.165, 1.54) is 0 Å². The summed E-state index contributed by atoms with van der Waals surface area (Å²) in [4.78, 5) is 0. The summed E-state index contributed by atoms with van der Waals surface area (Å²) in [5, 5.41) is 9.18. The number of halogens is 5. The normalized spacial score (nSPS) is 13.1. The van der Waals surface area contributed by atoms with E-state index >= 15 is 0 Å². The molecule has 0 aliphatic rings. The summed E-state index contributed by atoms with van der Waals surface area (Å²) in [7, 11) is 0. The molecule has 0 amide bonds. The van der Waals surface area contributed by atoms with Crippen molar-refractivity contribution in [1.82, 2.24) is 0 Å². The second-order valence-electron chi connectivity index (χ2n) is 2.95. The van der Waals surface area contributed by atoms with E-state index in [4.69, 9.17) is 11.5 Å². The van der Waals surface area contributed by atoms with Gasteiger partial charge in [0.2, 0.25) is 0 Å². The van der Waals surface area contributed by atoms with E-state index in [-0.39, 0.29) is 12.4 Å². The predicted octanol–water partition coefficient (Wildman–Crippen LogP) is 2.10. The lowest BCUT2D eigenvalue weighted by Gasteiger charge is -2.17. The lowest BCUT2D eigenvalue weighted by Crippen LogP contribution is -2.28. The van der Waals surface area contributed by atoms with Gasteiger partial charge in [0, 0.05) is 11.6 Å². The number of nitrogens with two attached hydrogens (primary N) is 2. The number of nitrogen functional groups attached to an aromatic ring is 1. The number of benzene rings is 1. The minimum absolute atomic E-state index is 0. The van der Waals surface area contributed by atoms with Crippen molar-refractivity contribution in [3.8, 4) is 5.75 Å². The van der Waals surface area contributed by atoms with Crippen LogP contribution in [0.15, 0.2) is 12.1 Å². The van der Waals surface area contributed by atoms with Gasteiger partial charge in [-0.15, -0.1) is 12.4 Å². The third-order valence-corrected chi connectivity index (χ3v) is 1.82. The van der Waals surface area contributed by atoms with Gasteiger partial charge in [-0.05, 0) is 6.07 Å². The first-order valence-electron chi connectivity index (χ1n) is 3.83. The Morgan fingerprint density at radius 1 is 1.25 bits per heavy atom. The molecule has 0 fully saturated rings. The van der Waals surface area contributed by atoms with Crippen LogP contribution < -0.4 is 11.5 Å². The topological polar surface area (TPSA) is 72.3 Å². The molecule has 1 aromatic carbocycles. The molecular formula is C8H9ClF4N2O. The van der Waals surface area contributed by atoms with E-state index in [1.54, 1.807) is 0 Å². The lowest BCUT2D eigenvalue weighted by atomic mass is 10.0. The zero-order chi connectivity index (χ0) is 11.8. The van der Waals surface area contributed by atoms with Crippen molar-refractivity contribution in [3.63, 3.8) is 0 Å². The minimum atomic E-state index is -4.77. The van der Waals surface area contributed by atoms with Gasteiger partial charge in [0.25, 0.3) is 0 Å². The molecule has 1 rings (SSSR count). The molecule has 0 saturated heterocycles. The van der Waals surface area contributed by atoms with Crippen LogP contribution in [0.25, 0.3) is 0 Å². The number of hydrogen-bond donors (Lipinski definition) is 3. The largest absolute Gasteiger partial charge is 0.505 e. The predicted molar refractivity (Wildman–Crippen MR) is 52.7 cm³/mol. The van der Waals surface area contributed by atoms with E-state index < -0.39 is 35.0 Å². The summed E-state index contributed by atoms with van der Waals surface area (Å²) in [5.74, 6) is -1.83. The number of anilines is 1. The summed E-state index contributed by atoms with van der Waals surface area (Å²) in [6, 6.07) is -1.25. The fraction of sp³-hybridized carbons (Fsp3) is 0.250. The monoisotopic (exact) mass is 260 g/mol. The maximum Gasteiger partial charge on any atom is 0.407 e. The molecule has 0 spiro atoms. The number of aromatic hydroxyl groups is 1. The summed E-state index contributed by atoms with van der Waals surface area (Å²) < 4.78 is 49.3. The summed E-state index contributed by atoms with van der Waals surface area (Å²) in [6.07, 6.45) is -4.77. The molecule has 0 radical (unpaired) electrons. The van der Waals surface area contributed by atoms with Crippen LogP contribution in [0, 0.1) is 5.82 Å². The van der Waals surface area contributed by atoms with Crippen LogP contribution in [0.4, 0.5) is 23.2 Å². The van der Waals surface area contributed by atoms with Crippen LogP contribution >= 0.6 is 12.4 Å². The van der Waals surface area contributed by atoms with Crippen molar-refractivity contribution in [2.45, 2.75) is 12.2 Å². The highest BCUT2D eigenvalue weighted by Crippen LogP contribution is 2.37. The van der Waals surface area contributed by atoms with Gasteiger partial charge in [0.05, 0.1) is 5.69 Å². The third kappa shape index (κ3) is 2.89. The second-order valence-corrected chi connectivity index (χ2v) is 2.95. The smallest absolute Gasteiger partial charge is 0.407 e. The van der Waals surface area contributed by atoms with E-state index in [0.717, 1.165) is 0 Å². The zero-order valence-electron chi connectivity index (χ0n) is 7.75. The van der Waals surface area contributed by atoms with Crippen LogP contribution in [0.1, 0.15) is 11.6 Å². The molecule has 8 heteroatoms. The van der Waals surface area contributed by atoms with Gasteiger partial charge in [-0.1, -0.05) is 0 Å². The summed E-state index contributed by atoms with van der Waals surface area (Å²) in [6.45, 7) is 0. The number of phenols is 1. The van der Waals surface area contributed by atoms with Crippen LogP contribution in [0.3, 0.4) is 0 Å². The van der Waals surface area contributed by atoms with Crippen molar-refractivity contribution in [3.05, 3.63) is 23.5 Å². The average Bonchev–Trinajstić information content (AvgIpc) is 2.08. The molecule has 0 bridgehead atoms. The number of alkyl halides is 3. The molecule has 1 atom stereocenters. The van der Waals surface area contributed by atoms with E-state index in [2.05, 4.69) is 0 Å². The fourth-order valence-corrected chi connectivity index (χ4v) is 1.06. The highest BCUT2D eigenvalue weighted by atomic mass is 35.5. The molecule has 0 aliphatic heterocycles. The van der Waals surface area contributed by atoms with Crippen molar-refractivity contribution in [2.24, 2.45) is 5.73 Å². The molecule has 16 heavy (non-hydrogen) atoms. The maximum atomic E-state index is 12.7. The molecule has 0 aliphatic carbocycles. The van der Waals surface area contributed by atoms with Gasteiger partial charge in [-0.25, -0.2) is 4.39 Å². The number of rotatable bonds is 1. The first-order chi connectivity index (χ1) is 6.73. The van der Waals surface area contributed by atoms with Gasteiger partial charge >= 0.3 is 6.18 Å². The van der Waals surface area contributed by atoms with Crippen LogP contribution in [0.2, 0.25) is 0 Å². The molecule has 1 aromatic rings. The molecule has 0 heterocycles. The Bertz CT molecular complexity index is 383. The Balaban J connectivity index is 0.00000225. The molecule has 0 aromatic heterocycles. The van der Waals surface area contributed by atoms with Gasteiger partial charge in [-0.3, -0.25) is 0 Å². The number of phenolic OH excluding ortho intramolecular Hbond substituents is 1. The molecule has 0 unspecified atom stereocenters.